The Bertz CT molecular complexity index is 343. The van der Waals surface area contributed by atoms with Crippen molar-refractivity contribution in [1.29, 1.82) is 0 Å². The maximum absolute atomic E-state index is 9.83. The molecule has 2 heterocycles. The first-order valence-electron chi connectivity index (χ1n) is 4.51. The molecule has 0 bridgehead atoms. The lowest BCUT2D eigenvalue weighted by Crippen LogP contribution is -2.30. The first-order valence-corrected chi connectivity index (χ1v) is 5.59. The Balaban J connectivity index is 2.22. The summed E-state index contributed by atoms with van der Waals surface area (Å²) in [5.74, 6) is 0.929. The van der Waals surface area contributed by atoms with Gasteiger partial charge in [-0.15, -0.1) is 0 Å². The van der Waals surface area contributed by atoms with E-state index in [1.807, 2.05) is 6.92 Å². The monoisotopic (exact) mass is 305 g/mol. The molecule has 1 aliphatic heterocycles. The van der Waals surface area contributed by atoms with Crippen LogP contribution in [0.2, 0.25) is 0 Å². The van der Waals surface area contributed by atoms with Crippen LogP contribution in [0.3, 0.4) is 0 Å². The van der Waals surface area contributed by atoms with Gasteiger partial charge in [0.05, 0.1) is 9.17 Å². The first kappa shape index (κ1) is 10.1. The molecule has 0 aliphatic carbocycles. The van der Waals surface area contributed by atoms with Gasteiger partial charge in [0.2, 0.25) is 0 Å². The molecule has 0 saturated carbocycles. The largest absolute Gasteiger partial charge is 0.388 e. The van der Waals surface area contributed by atoms with Crippen LogP contribution in [-0.2, 0) is 0 Å². The van der Waals surface area contributed by atoms with Crippen molar-refractivity contribution in [2.45, 2.75) is 18.9 Å². The number of halogens is 1. The standard InChI is InChI=1S/C9H12IN3O/c1-9(14)2-3-13(5-9)8-7(10)4-11-6-12-8/h4,6,14H,2-3,5H2,1H3. The fourth-order valence-corrected chi connectivity index (χ4v) is 2.31. The zero-order chi connectivity index (χ0) is 10.2. The summed E-state index contributed by atoms with van der Waals surface area (Å²) in [4.78, 5) is 10.3. The van der Waals surface area contributed by atoms with E-state index in [0.29, 0.717) is 6.54 Å². The van der Waals surface area contributed by atoms with Gasteiger partial charge in [0, 0.05) is 19.3 Å². The number of hydrogen-bond acceptors (Lipinski definition) is 4. The van der Waals surface area contributed by atoms with Crippen LogP contribution in [-0.4, -0.2) is 33.8 Å². The van der Waals surface area contributed by atoms with Crippen LogP contribution in [0.15, 0.2) is 12.5 Å². The molecule has 76 valence electrons. The van der Waals surface area contributed by atoms with Crippen LogP contribution < -0.4 is 4.90 Å². The van der Waals surface area contributed by atoms with Crippen LogP contribution in [0.25, 0.3) is 0 Å². The van der Waals surface area contributed by atoms with Gasteiger partial charge in [-0.25, -0.2) is 9.97 Å². The van der Waals surface area contributed by atoms with E-state index in [0.717, 1.165) is 22.4 Å². The fourth-order valence-electron chi connectivity index (χ4n) is 1.66. The van der Waals surface area contributed by atoms with Crippen LogP contribution in [0.5, 0.6) is 0 Å². The molecular weight excluding hydrogens is 293 g/mol. The quantitative estimate of drug-likeness (QED) is 0.788. The molecule has 0 radical (unpaired) electrons. The van der Waals surface area contributed by atoms with Crippen molar-refractivity contribution in [2.75, 3.05) is 18.0 Å². The topological polar surface area (TPSA) is 49.2 Å². The summed E-state index contributed by atoms with van der Waals surface area (Å²) < 4.78 is 1.03. The van der Waals surface area contributed by atoms with Gasteiger partial charge in [0.25, 0.3) is 0 Å². The van der Waals surface area contributed by atoms with Gasteiger partial charge in [-0.1, -0.05) is 0 Å². The van der Waals surface area contributed by atoms with E-state index in [1.54, 1.807) is 12.5 Å². The summed E-state index contributed by atoms with van der Waals surface area (Å²) in [5.41, 5.74) is -0.575. The van der Waals surface area contributed by atoms with Crippen molar-refractivity contribution in [3.8, 4) is 0 Å². The number of aromatic nitrogens is 2. The number of nitrogens with zero attached hydrogens (tertiary/aromatic N) is 3. The lowest BCUT2D eigenvalue weighted by atomic mass is 10.1. The van der Waals surface area contributed by atoms with Gasteiger partial charge in [-0.3, -0.25) is 0 Å². The molecule has 0 spiro atoms. The van der Waals surface area contributed by atoms with E-state index < -0.39 is 5.60 Å². The lowest BCUT2D eigenvalue weighted by Gasteiger charge is -2.20. The Morgan fingerprint density at radius 2 is 2.43 bits per heavy atom. The molecule has 4 nitrogen and oxygen atoms in total. The summed E-state index contributed by atoms with van der Waals surface area (Å²) in [7, 11) is 0. The maximum atomic E-state index is 9.83. The molecule has 1 saturated heterocycles. The smallest absolute Gasteiger partial charge is 0.145 e. The van der Waals surface area contributed by atoms with Gasteiger partial charge in [0.1, 0.15) is 12.1 Å². The molecule has 14 heavy (non-hydrogen) atoms. The molecule has 1 aromatic heterocycles. The van der Waals surface area contributed by atoms with Gasteiger partial charge in [-0.2, -0.15) is 0 Å². The fraction of sp³-hybridized carbons (Fsp3) is 0.556. The third-order valence-corrected chi connectivity index (χ3v) is 3.16. The molecule has 1 unspecified atom stereocenters. The van der Waals surface area contributed by atoms with Crippen molar-refractivity contribution in [3.63, 3.8) is 0 Å². The molecule has 0 aromatic carbocycles. The predicted molar refractivity (Wildman–Crippen MR) is 62.2 cm³/mol. The van der Waals surface area contributed by atoms with Crippen LogP contribution in [0, 0.1) is 3.57 Å². The molecule has 1 aromatic rings. The van der Waals surface area contributed by atoms with Gasteiger partial charge < -0.3 is 10.0 Å². The Kier molecular flexibility index (Phi) is 2.61. The second-order valence-electron chi connectivity index (χ2n) is 3.86. The number of β-amino-alcohol motifs (C(OH)–C–C–N with tert-alkyl or cyclic N) is 1. The van der Waals surface area contributed by atoms with E-state index in [-0.39, 0.29) is 0 Å². The normalized spacial score (nSPS) is 26.9. The van der Waals surface area contributed by atoms with Crippen molar-refractivity contribution < 1.29 is 5.11 Å². The van der Waals surface area contributed by atoms with Crippen molar-refractivity contribution in [3.05, 3.63) is 16.1 Å². The summed E-state index contributed by atoms with van der Waals surface area (Å²) in [6, 6.07) is 0. The Morgan fingerprint density at radius 1 is 1.64 bits per heavy atom. The maximum Gasteiger partial charge on any atom is 0.145 e. The highest BCUT2D eigenvalue weighted by atomic mass is 127. The zero-order valence-corrected chi connectivity index (χ0v) is 10.1. The van der Waals surface area contributed by atoms with Gasteiger partial charge in [0.15, 0.2) is 0 Å². The van der Waals surface area contributed by atoms with E-state index in [2.05, 4.69) is 37.5 Å². The average Bonchev–Trinajstić information content (AvgIpc) is 2.47. The van der Waals surface area contributed by atoms with E-state index in [9.17, 15) is 5.11 Å². The molecule has 2 rings (SSSR count). The summed E-state index contributed by atoms with van der Waals surface area (Å²) in [6.07, 6.45) is 4.13. The van der Waals surface area contributed by atoms with E-state index in [1.165, 1.54) is 0 Å². The molecular formula is C9H12IN3O. The second kappa shape index (κ2) is 3.62. The Hall–Kier alpha value is -0.430. The lowest BCUT2D eigenvalue weighted by molar-refractivity contribution is 0.0839. The number of anilines is 1. The Morgan fingerprint density at radius 3 is 3.00 bits per heavy atom. The second-order valence-corrected chi connectivity index (χ2v) is 5.02. The third-order valence-electron chi connectivity index (χ3n) is 2.40. The molecule has 1 aliphatic rings. The number of aliphatic hydroxyl groups is 1. The predicted octanol–water partition coefficient (Wildman–Crippen LogP) is 1.04. The summed E-state index contributed by atoms with van der Waals surface area (Å²) in [5, 5.41) is 9.83. The third kappa shape index (κ3) is 1.98. The molecule has 0 amide bonds. The number of hydrogen-bond donors (Lipinski definition) is 1. The van der Waals surface area contributed by atoms with E-state index in [4.69, 9.17) is 0 Å². The minimum atomic E-state index is -0.575. The molecule has 5 heteroatoms. The minimum Gasteiger partial charge on any atom is -0.388 e. The van der Waals surface area contributed by atoms with Crippen LogP contribution in [0.1, 0.15) is 13.3 Å². The van der Waals surface area contributed by atoms with Gasteiger partial charge in [-0.05, 0) is 35.9 Å². The molecule has 1 N–H and O–H groups in total. The minimum absolute atomic E-state index is 0.575. The zero-order valence-electron chi connectivity index (χ0n) is 7.94. The highest BCUT2D eigenvalue weighted by molar-refractivity contribution is 14.1. The van der Waals surface area contributed by atoms with Crippen molar-refractivity contribution in [2.24, 2.45) is 0 Å². The summed E-state index contributed by atoms with van der Waals surface area (Å²) >= 11 is 2.21. The highest BCUT2D eigenvalue weighted by Gasteiger charge is 2.32. The van der Waals surface area contributed by atoms with Crippen molar-refractivity contribution in [1.82, 2.24) is 9.97 Å². The van der Waals surface area contributed by atoms with Crippen LogP contribution >= 0.6 is 22.6 Å². The van der Waals surface area contributed by atoms with Gasteiger partial charge >= 0.3 is 0 Å². The molecule has 1 fully saturated rings. The molecule has 1 atom stereocenters. The first-order chi connectivity index (χ1) is 6.58. The van der Waals surface area contributed by atoms with Crippen LogP contribution in [0.4, 0.5) is 5.82 Å². The van der Waals surface area contributed by atoms with E-state index >= 15 is 0 Å². The number of rotatable bonds is 1. The Labute approximate surface area is 96.5 Å². The summed E-state index contributed by atoms with van der Waals surface area (Å²) in [6.45, 7) is 3.38. The van der Waals surface area contributed by atoms with Crippen molar-refractivity contribution >= 4 is 28.4 Å². The average molecular weight is 305 g/mol. The SMILES string of the molecule is CC1(O)CCN(c2ncncc2I)C1. The highest BCUT2D eigenvalue weighted by Crippen LogP contribution is 2.27.